The summed E-state index contributed by atoms with van der Waals surface area (Å²) in [7, 11) is -3.94. The Morgan fingerprint density at radius 2 is 1.56 bits per heavy atom. The van der Waals surface area contributed by atoms with E-state index in [1.165, 1.54) is 17.0 Å². The van der Waals surface area contributed by atoms with E-state index in [4.69, 9.17) is 4.74 Å². The molecular formula is C31H38FN3O5S. The monoisotopic (exact) mass is 583 g/mol. The highest BCUT2D eigenvalue weighted by atomic mass is 32.2. The SMILES string of the molecule is CCOc1ccccc1N(CC(=O)N(Cc1ccc(F)cc1)[C@@H](Cc1ccccc1)C(=O)NCC(C)C)S(C)(=O)=O. The number of amides is 2. The molecule has 1 N–H and O–H groups in total. The third-order valence-electron chi connectivity index (χ3n) is 6.33. The van der Waals surface area contributed by atoms with Gasteiger partial charge in [-0.25, -0.2) is 12.8 Å². The van der Waals surface area contributed by atoms with Gasteiger partial charge in [-0.3, -0.25) is 13.9 Å². The Kier molecular flexibility index (Phi) is 11.3. The predicted molar refractivity (Wildman–Crippen MR) is 159 cm³/mol. The molecule has 0 saturated carbocycles. The molecule has 0 unspecified atom stereocenters. The van der Waals surface area contributed by atoms with Gasteiger partial charge in [0, 0.05) is 19.5 Å². The standard InChI is InChI=1S/C31H38FN3O5S/c1-5-40-29-14-10-9-13-27(29)35(41(4,38)39)22-30(36)34(21-25-15-17-26(32)18-16-25)28(31(37)33-20-23(2)3)19-24-11-7-6-8-12-24/h6-18,23,28H,5,19-22H2,1-4H3,(H,33,37)/t28-/m0/s1. The molecule has 41 heavy (non-hydrogen) atoms. The van der Waals surface area contributed by atoms with Crippen molar-refractivity contribution in [2.75, 3.05) is 30.3 Å². The summed E-state index contributed by atoms with van der Waals surface area (Å²) in [6.07, 6.45) is 1.22. The summed E-state index contributed by atoms with van der Waals surface area (Å²) >= 11 is 0. The number of nitrogens with one attached hydrogen (secondary N) is 1. The molecule has 0 radical (unpaired) electrons. The zero-order valence-corrected chi connectivity index (χ0v) is 24.7. The van der Waals surface area contributed by atoms with E-state index < -0.39 is 34.3 Å². The quantitative estimate of drug-likeness (QED) is 0.304. The van der Waals surface area contributed by atoms with Crippen LogP contribution in [0.5, 0.6) is 5.75 Å². The molecule has 0 heterocycles. The first-order chi connectivity index (χ1) is 19.5. The number of rotatable bonds is 14. The van der Waals surface area contributed by atoms with Gasteiger partial charge in [0.1, 0.15) is 24.2 Å². The summed E-state index contributed by atoms with van der Waals surface area (Å²) in [5.41, 5.74) is 1.64. The molecule has 0 bridgehead atoms. The fourth-order valence-corrected chi connectivity index (χ4v) is 5.15. The molecule has 0 saturated heterocycles. The van der Waals surface area contributed by atoms with Crippen molar-refractivity contribution >= 4 is 27.5 Å². The maximum atomic E-state index is 14.1. The van der Waals surface area contributed by atoms with Crippen LogP contribution in [0.15, 0.2) is 78.9 Å². The number of halogens is 1. The second-order valence-electron chi connectivity index (χ2n) is 10.2. The Bertz CT molecular complexity index is 1400. The lowest BCUT2D eigenvalue weighted by Crippen LogP contribution is -2.53. The minimum absolute atomic E-state index is 0.0313. The zero-order valence-electron chi connectivity index (χ0n) is 23.9. The van der Waals surface area contributed by atoms with Gasteiger partial charge in [0.25, 0.3) is 0 Å². The van der Waals surface area contributed by atoms with Crippen molar-refractivity contribution in [1.29, 1.82) is 0 Å². The second-order valence-corrected chi connectivity index (χ2v) is 12.1. The van der Waals surface area contributed by atoms with Gasteiger partial charge in [0.05, 0.1) is 18.6 Å². The van der Waals surface area contributed by atoms with Crippen LogP contribution in [0.1, 0.15) is 31.9 Å². The number of hydrogen-bond donors (Lipinski definition) is 1. The van der Waals surface area contributed by atoms with Crippen LogP contribution in [0, 0.1) is 11.7 Å². The second kappa shape index (κ2) is 14.6. The summed E-state index contributed by atoms with van der Waals surface area (Å²) < 4.78 is 46.3. The van der Waals surface area contributed by atoms with Crippen molar-refractivity contribution in [3.05, 3.63) is 95.8 Å². The van der Waals surface area contributed by atoms with E-state index in [0.29, 0.717) is 24.5 Å². The lowest BCUT2D eigenvalue weighted by molar-refractivity contribution is -0.140. The first-order valence-corrected chi connectivity index (χ1v) is 15.4. The lowest BCUT2D eigenvalue weighted by Gasteiger charge is -2.34. The molecule has 3 rings (SSSR count). The average Bonchev–Trinajstić information content (AvgIpc) is 2.93. The molecule has 0 fully saturated rings. The van der Waals surface area contributed by atoms with Gasteiger partial charge in [-0.05, 0) is 48.2 Å². The minimum atomic E-state index is -3.94. The van der Waals surface area contributed by atoms with E-state index in [1.807, 2.05) is 44.2 Å². The van der Waals surface area contributed by atoms with Crippen LogP contribution < -0.4 is 14.4 Å². The van der Waals surface area contributed by atoms with Crippen molar-refractivity contribution in [3.63, 3.8) is 0 Å². The van der Waals surface area contributed by atoms with E-state index in [-0.39, 0.29) is 30.5 Å². The smallest absolute Gasteiger partial charge is 0.244 e. The molecule has 2 amide bonds. The Morgan fingerprint density at radius 1 is 0.927 bits per heavy atom. The van der Waals surface area contributed by atoms with Gasteiger partial charge in [-0.2, -0.15) is 0 Å². The molecule has 0 aliphatic carbocycles. The van der Waals surface area contributed by atoms with Gasteiger partial charge in [0.15, 0.2) is 0 Å². The lowest BCUT2D eigenvalue weighted by atomic mass is 10.0. The minimum Gasteiger partial charge on any atom is -0.492 e. The van der Waals surface area contributed by atoms with Crippen LogP contribution in [-0.4, -0.2) is 57.1 Å². The number of ether oxygens (including phenoxy) is 1. The van der Waals surface area contributed by atoms with Crippen LogP contribution in [0.25, 0.3) is 0 Å². The first-order valence-electron chi connectivity index (χ1n) is 13.5. The summed E-state index contributed by atoms with van der Waals surface area (Å²) in [5.74, 6) is -0.898. The molecule has 10 heteroatoms. The van der Waals surface area contributed by atoms with E-state index in [2.05, 4.69) is 5.32 Å². The van der Waals surface area contributed by atoms with E-state index in [9.17, 15) is 22.4 Å². The van der Waals surface area contributed by atoms with Gasteiger partial charge >= 0.3 is 0 Å². The molecule has 0 spiro atoms. The number of sulfonamides is 1. The fraction of sp³-hybridized carbons (Fsp3) is 0.355. The highest BCUT2D eigenvalue weighted by Crippen LogP contribution is 2.30. The van der Waals surface area contributed by atoms with Crippen molar-refractivity contribution < 1.29 is 27.1 Å². The van der Waals surface area contributed by atoms with Gasteiger partial charge in [0.2, 0.25) is 21.8 Å². The van der Waals surface area contributed by atoms with Gasteiger partial charge in [-0.15, -0.1) is 0 Å². The number of anilines is 1. The summed E-state index contributed by atoms with van der Waals surface area (Å²) in [4.78, 5) is 29.1. The maximum Gasteiger partial charge on any atom is 0.244 e. The Hall–Kier alpha value is -3.92. The van der Waals surface area contributed by atoms with Crippen LogP contribution in [0.2, 0.25) is 0 Å². The number of hydrogen-bond acceptors (Lipinski definition) is 5. The van der Waals surface area contributed by atoms with Crippen LogP contribution in [0.4, 0.5) is 10.1 Å². The average molecular weight is 584 g/mol. The Balaban J connectivity index is 2.06. The number of carbonyl (C=O) groups excluding carboxylic acids is 2. The van der Waals surface area contributed by atoms with E-state index >= 15 is 0 Å². The topological polar surface area (TPSA) is 96.0 Å². The van der Waals surface area contributed by atoms with Crippen molar-refractivity contribution in [1.82, 2.24) is 10.2 Å². The highest BCUT2D eigenvalue weighted by molar-refractivity contribution is 7.92. The van der Waals surface area contributed by atoms with E-state index in [0.717, 1.165) is 16.1 Å². The Labute approximate surface area is 242 Å². The molecule has 1 atom stereocenters. The normalized spacial score (nSPS) is 12.0. The number of nitrogens with zero attached hydrogens (tertiary/aromatic N) is 2. The molecular weight excluding hydrogens is 545 g/mol. The highest BCUT2D eigenvalue weighted by Gasteiger charge is 2.33. The number of benzene rings is 3. The van der Waals surface area contributed by atoms with Gasteiger partial charge in [-0.1, -0.05) is 68.4 Å². The maximum absolute atomic E-state index is 14.1. The van der Waals surface area contributed by atoms with Crippen molar-refractivity contribution in [3.8, 4) is 5.75 Å². The molecule has 220 valence electrons. The van der Waals surface area contributed by atoms with Crippen molar-refractivity contribution in [2.24, 2.45) is 5.92 Å². The van der Waals surface area contributed by atoms with Crippen LogP contribution >= 0.6 is 0 Å². The molecule has 0 aliphatic rings. The number of para-hydroxylation sites is 2. The summed E-state index contributed by atoms with van der Waals surface area (Å²) in [5, 5.41) is 2.93. The Morgan fingerprint density at radius 3 is 2.17 bits per heavy atom. The first kappa shape index (κ1) is 31.6. The predicted octanol–water partition coefficient (Wildman–Crippen LogP) is 4.40. The molecule has 0 aliphatic heterocycles. The van der Waals surface area contributed by atoms with Crippen molar-refractivity contribution in [2.45, 2.75) is 39.8 Å². The van der Waals surface area contributed by atoms with E-state index in [1.54, 1.807) is 43.3 Å². The van der Waals surface area contributed by atoms with Gasteiger partial charge < -0.3 is 15.0 Å². The number of carbonyl (C=O) groups is 2. The largest absolute Gasteiger partial charge is 0.492 e. The fourth-order valence-electron chi connectivity index (χ4n) is 4.30. The molecule has 3 aromatic rings. The van der Waals surface area contributed by atoms with Crippen LogP contribution in [-0.2, 0) is 32.6 Å². The molecule has 8 nitrogen and oxygen atoms in total. The zero-order chi connectivity index (χ0) is 30.0. The molecule has 0 aromatic heterocycles. The third-order valence-corrected chi connectivity index (χ3v) is 7.46. The summed E-state index contributed by atoms with van der Waals surface area (Å²) in [6, 6.07) is 20.6. The summed E-state index contributed by atoms with van der Waals surface area (Å²) in [6.45, 7) is 5.82. The van der Waals surface area contributed by atoms with Crippen LogP contribution in [0.3, 0.4) is 0 Å². The third kappa shape index (κ3) is 9.31. The molecule has 3 aromatic carbocycles.